The fourth-order valence-electron chi connectivity index (χ4n) is 5.52. The smallest absolute Gasteiger partial charge is 0.226 e. The van der Waals surface area contributed by atoms with E-state index in [1.54, 1.807) is 0 Å². The number of carbonyl (C=O) groups is 1. The van der Waals surface area contributed by atoms with E-state index in [1.807, 2.05) is 31.2 Å². The normalized spacial score (nSPS) is 22.7. The predicted molar refractivity (Wildman–Crippen MR) is 137 cm³/mol. The minimum atomic E-state index is 0.117. The van der Waals surface area contributed by atoms with E-state index in [4.69, 9.17) is 21.0 Å². The zero-order valence-electron chi connectivity index (χ0n) is 20.9. The Bertz CT molecular complexity index is 944. The number of piperidine rings is 2. The summed E-state index contributed by atoms with van der Waals surface area (Å²) in [6, 6.07) is 7.58. The number of aromatic nitrogens is 1. The van der Waals surface area contributed by atoms with Crippen LogP contribution in [0.2, 0.25) is 5.02 Å². The van der Waals surface area contributed by atoms with Gasteiger partial charge in [0, 0.05) is 42.7 Å². The van der Waals surface area contributed by atoms with Crippen molar-refractivity contribution in [1.82, 2.24) is 20.1 Å². The van der Waals surface area contributed by atoms with E-state index in [0.29, 0.717) is 10.9 Å². The van der Waals surface area contributed by atoms with Crippen LogP contribution >= 0.6 is 11.6 Å². The summed E-state index contributed by atoms with van der Waals surface area (Å²) in [5.74, 6) is 3.36. The van der Waals surface area contributed by atoms with Crippen LogP contribution in [0.4, 0.5) is 0 Å². The minimum absolute atomic E-state index is 0.117. The summed E-state index contributed by atoms with van der Waals surface area (Å²) in [5.41, 5.74) is 1.85. The maximum atomic E-state index is 12.7. The minimum Gasteiger partial charge on any atom is -0.441 e. The number of aryl methyl sites for hydroxylation is 1. The second kappa shape index (κ2) is 11.7. The number of nitrogens with zero attached hydrogens (tertiary/aromatic N) is 3. The van der Waals surface area contributed by atoms with E-state index in [9.17, 15) is 4.79 Å². The highest BCUT2D eigenvalue weighted by molar-refractivity contribution is 6.30. The van der Waals surface area contributed by atoms with E-state index >= 15 is 0 Å². The van der Waals surface area contributed by atoms with Crippen molar-refractivity contribution in [3.8, 4) is 11.5 Å². The Balaban J connectivity index is 1.17. The van der Waals surface area contributed by atoms with Crippen LogP contribution in [0, 0.1) is 24.7 Å². The molecule has 1 aromatic carbocycles. The molecular weight excluding hydrogens is 448 g/mol. The molecule has 0 saturated carbocycles. The second-order valence-corrected chi connectivity index (χ2v) is 10.9. The molecule has 6 nitrogen and oxygen atoms in total. The van der Waals surface area contributed by atoms with Gasteiger partial charge >= 0.3 is 0 Å². The van der Waals surface area contributed by atoms with Crippen LogP contribution in [0.1, 0.15) is 51.0 Å². The molecule has 2 aliphatic heterocycles. The van der Waals surface area contributed by atoms with Gasteiger partial charge in [-0.3, -0.25) is 9.69 Å². The first-order valence-electron chi connectivity index (χ1n) is 12.8. The fraction of sp³-hybridized carbons (Fsp3) is 0.630. The van der Waals surface area contributed by atoms with Crippen molar-refractivity contribution in [1.29, 1.82) is 0 Å². The average molecular weight is 487 g/mol. The Morgan fingerprint density at radius 1 is 1.18 bits per heavy atom. The maximum absolute atomic E-state index is 12.7. The summed E-state index contributed by atoms with van der Waals surface area (Å²) >= 11 is 6.11. The number of halogens is 1. The van der Waals surface area contributed by atoms with Gasteiger partial charge in [0.25, 0.3) is 0 Å². The highest BCUT2D eigenvalue weighted by Gasteiger charge is 2.26. The van der Waals surface area contributed by atoms with Crippen molar-refractivity contribution in [2.45, 2.75) is 53.0 Å². The summed E-state index contributed by atoms with van der Waals surface area (Å²) in [6.07, 6.45) is 4.16. The molecule has 1 amide bonds. The first-order valence-corrected chi connectivity index (χ1v) is 13.2. The number of amides is 1. The third kappa shape index (κ3) is 6.83. The van der Waals surface area contributed by atoms with Crippen molar-refractivity contribution < 1.29 is 9.21 Å². The molecular formula is C27H39ClN4O2. The Labute approximate surface area is 209 Å². The van der Waals surface area contributed by atoms with Gasteiger partial charge in [-0.15, -0.1) is 0 Å². The van der Waals surface area contributed by atoms with Crippen molar-refractivity contribution in [2.24, 2.45) is 17.8 Å². The largest absolute Gasteiger partial charge is 0.441 e. The molecule has 0 unspecified atom stereocenters. The van der Waals surface area contributed by atoms with Gasteiger partial charge in [-0.25, -0.2) is 4.98 Å². The molecule has 4 rings (SSSR count). The van der Waals surface area contributed by atoms with Crippen LogP contribution in [0.25, 0.3) is 11.5 Å². The van der Waals surface area contributed by atoms with Crippen LogP contribution < -0.4 is 5.32 Å². The molecule has 0 aliphatic carbocycles. The van der Waals surface area contributed by atoms with Crippen LogP contribution in [0.5, 0.6) is 0 Å². The van der Waals surface area contributed by atoms with Crippen LogP contribution in [-0.4, -0.2) is 60.0 Å². The Morgan fingerprint density at radius 2 is 1.91 bits per heavy atom. The van der Waals surface area contributed by atoms with Gasteiger partial charge in [0.05, 0.1) is 5.69 Å². The molecule has 1 N–H and O–H groups in total. The number of rotatable bonds is 8. The van der Waals surface area contributed by atoms with E-state index in [2.05, 4.69) is 29.0 Å². The molecule has 2 fully saturated rings. The molecule has 34 heavy (non-hydrogen) atoms. The van der Waals surface area contributed by atoms with Crippen molar-refractivity contribution in [3.05, 3.63) is 40.7 Å². The van der Waals surface area contributed by atoms with Crippen LogP contribution in [0.15, 0.2) is 28.7 Å². The first-order chi connectivity index (χ1) is 16.4. The molecule has 0 bridgehead atoms. The third-order valence-electron chi connectivity index (χ3n) is 7.19. The first kappa shape index (κ1) is 25.2. The zero-order chi connectivity index (χ0) is 24.1. The number of hydrogen-bond donors (Lipinski definition) is 1. The summed E-state index contributed by atoms with van der Waals surface area (Å²) in [4.78, 5) is 22.3. The molecule has 7 heteroatoms. The average Bonchev–Trinajstić information content (AvgIpc) is 3.16. The Hall–Kier alpha value is -1.89. The predicted octanol–water partition coefficient (Wildman–Crippen LogP) is 5.00. The van der Waals surface area contributed by atoms with E-state index in [0.717, 1.165) is 80.8 Å². The second-order valence-electron chi connectivity index (χ2n) is 10.4. The summed E-state index contributed by atoms with van der Waals surface area (Å²) < 4.78 is 5.90. The van der Waals surface area contributed by atoms with E-state index < -0.39 is 0 Å². The highest BCUT2D eigenvalue weighted by atomic mass is 35.5. The summed E-state index contributed by atoms with van der Waals surface area (Å²) in [7, 11) is 0. The lowest BCUT2D eigenvalue weighted by atomic mass is 9.92. The molecule has 3 heterocycles. The van der Waals surface area contributed by atoms with Gasteiger partial charge in [0.2, 0.25) is 11.8 Å². The molecule has 0 spiro atoms. The molecule has 2 saturated heterocycles. The number of benzene rings is 1. The summed E-state index contributed by atoms with van der Waals surface area (Å²) in [6.45, 7) is 13.5. The number of carbonyl (C=O) groups excluding carboxylic acids is 1. The summed E-state index contributed by atoms with van der Waals surface area (Å²) in [5, 5.41) is 3.86. The van der Waals surface area contributed by atoms with E-state index in [-0.39, 0.29) is 11.8 Å². The molecule has 2 aromatic rings. The van der Waals surface area contributed by atoms with Crippen molar-refractivity contribution in [2.75, 3.05) is 39.3 Å². The van der Waals surface area contributed by atoms with Gasteiger partial charge in [-0.05, 0) is 82.3 Å². The number of hydrogen-bond acceptors (Lipinski definition) is 5. The molecule has 0 radical (unpaired) electrons. The number of oxazole rings is 1. The van der Waals surface area contributed by atoms with E-state index in [1.165, 1.54) is 19.5 Å². The quantitative estimate of drug-likeness (QED) is 0.532. The van der Waals surface area contributed by atoms with Gasteiger partial charge in [0.1, 0.15) is 5.76 Å². The number of likely N-dealkylation sites (tertiary alicyclic amines) is 2. The van der Waals surface area contributed by atoms with Crippen molar-refractivity contribution in [3.63, 3.8) is 0 Å². The molecule has 2 atom stereocenters. The molecule has 2 aliphatic rings. The van der Waals surface area contributed by atoms with Gasteiger partial charge < -0.3 is 14.6 Å². The van der Waals surface area contributed by atoms with Gasteiger partial charge in [-0.1, -0.05) is 31.5 Å². The van der Waals surface area contributed by atoms with Crippen LogP contribution in [0.3, 0.4) is 0 Å². The monoisotopic (exact) mass is 486 g/mol. The van der Waals surface area contributed by atoms with Crippen LogP contribution in [-0.2, 0) is 11.3 Å². The van der Waals surface area contributed by atoms with Gasteiger partial charge in [-0.2, -0.15) is 0 Å². The SMILES string of the molecule is Cc1oc(-c2cccc(Cl)c2)nc1CN1CCC(C(=O)NCCCN2C[C@@H](C)C[C@H](C)C2)CC1. The third-order valence-corrected chi connectivity index (χ3v) is 7.43. The highest BCUT2D eigenvalue weighted by Crippen LogP contribution is 2.26. The van der Waals surface area contributed by atoms with Gasteiger partial charge in [0.15, 0.2) is 0 Å². The lowest BCUT2D eigenvalue weighted by molar-refractivity contribution is -0.126. The molecule has 186 valence electrons. The topological polar surface area (TPSA) is 61.6 Å². The van der Waals surface area contributed by atoms with Crippen molar-refractivity contribution >= 4 is 17.5 Å². The fourth-order valence-corrected chi connectivity index (χ4v) is 5.71. The Morgan fingerprint density at radius 3 is 2.62 bits per heavy atom. The maximum Gasteiger partial charge on any atom is 0.226 e. The lowest BCUT2D eigenvalue weighted by Gasteiger charge is -2.35. The zero-order valence-corrected chi connectivity index (χ0v) is 21.6. The lowest BCUT2D eigenvalue weighted by Crippen LogP contribution is -2.42. The Kier molecular flexibility index (Phi) is 8.67. The standard InChI is InChI=1S/C27H39ClN4O2/c1-19-14-20(2)17-32(16-19)11-5-10-29-26(33)22-8-12-31(13-9-22)18-25-21(3)34-27(30-25)23-6-4-7-24(28)15-23/h4,6-7,15,19-20,22H,5,8-14,16-18H2,1-3H3,(H,29,33)/t19-,20-/m0/s1. The molecule has 1 aromatic heterocycles. The number of nitrogens with one attached hydrogen (secondary N) is 1.